The number of nitrogens with zero attached hydrogens (tertiary/aromatic N) is 1. The molecule has 1 aromatic carbocycles. The molecule has 5 heteroatoms. The maximum absolute atomic E-state index is 5.64. The lowest BCUT2D eigenvalue weighted by Gasteiger charge is -2.17. The van der Waals surface area contributed by atoms with E-state index in [1.54, 1.807) is 14.2 Å². The molecule has 112 valence electrons. The van der Waals surface area contributed by atoms with Gasteiger partial charge in [-0.3, -0.25) is 4.99 Å². The molecule has 0 amide bonds. The van der Waals surface area contributed by atoms with Crippen molar-refractivity contribution >= 4 is 5.96 Å². The summed E-state index contributed by atoms with van der Waals surface area (Å²) in [6.07, 6.45) is 0. The molecule has 1 aromatic rings. The average molecular weight is 279 g/mol. The van der Waals surface area contributed by atoms with Gasteiger partial charge in [0, 0.05) is 20.2 Å². The van der Waals surface area contributed by atoms with Gasteiger partial charge in [-0.1, -0.05) is 17.7 Å². The van der Waals surface area contributed by atoms with E-state index in [1.807, 2.05) is 31.2 Å². The first-order chi connectivity index (χ1) is 9.65. The zero-order valence-electron chi connectivity index (χ0n) is 12.8. The third-order valence-electron chi connectivity index (χ3n) is 2.71. The predicted octanol–water partition coefficient (Wildman–Crippen LogP) is 1.57. The van der Waals surface area contributed by atoms with E-state index in [0.29, 0.717) is 19.8 Å². The maximum Gasteiger partial charge on any atom is 0.191 e. The van der Waals surface area contributed by atoms with Gasteiger partial charge >= 0.3 is 0 Å². The largest absolute Gasteiger partial charge is 0.492 e. The average Bonchev–Trinajstić information content (AvgIpc) is 2.44. The number of nitrogens with one attached hydrogen (secondary N) is 2. The van der Waals surface area contributed by atoms with E-state index >= 15 is 0 Å². The first kappa shape index (κ1) is 16.3. The Morgan fingerprint density at radius 3 is 2.60 bits per heavy atom. The van der Waals surface area contributed by atoms with Gasteiger partial charge in [-0.2, -0.15) is 0 Å². The van der Waals surface area contributed by atoms with E-state index in [4.69, 9.17) is 9.47 Å². The topological polar surface area (TPSA) is 54.9 Å². The van der Waals surface area contributed by atoms with Crippen LogP contribution in [0.25, 0.3) is 0 Å². The van der Waals surface area contributed by atoms with E-state index < -0.39 is 0 Å². The second-order valence-electron chi connectivity index (χ2n) is 4.66. The van der Waals surface area contributed by atoms with Crippen molar-refractivity contribution in [3.63, 3.8) is 0 Å². The minimum absolute atomic E-state index is 0.212. The van der Waals surface area contributed by atoms with Crippen molar-refractivity contribution in [3.8, 4) is 5.75 Å². The van der Waals surface area contributed by atoms with Gasteiger partial charge in [-0.15, -0.1) is 0 Å². The van der Waals surface area contributed by atoms with Crippen molar-refractivity contribution in [2.24, 2.45) is 4.99 Å². The van der Waals surface area contributed by atoms with Crippen LogP contribution in [0.15, 0.2) is 29.3 Å². The number of guanidine groups is 1. The molecule has 0 aromatic heterocycles. The lowest BCUT2D eigenvalue weighted by molar-refractivity contribution is 0.179. The fourth-order valence-electron chi connectivity index (χ4n) is 1.69. The Morgan fingerprint density at radius 2 is 2.00 bits per heavy atom. The predicted molar refractivity (Wildman–Crippen MR) is 82.5 cm³/mol. The highest BCUT2D eigenvalue weighted by molar-refractivity contribution is 5.79. The second kappa shape index (κ2) is 9.20. The number of benzene rings is 1. The van der Waals surface area contributed by atoms with E-state index in [0.717, 1.165) is 11.7 Å². The minimum Gasteiger partial charge on any atom is -0.492 e. The summed E-state index contributed by atoms with van der Waals surface area (Å²) in [6, 6.07) is 8.24. The van der Waals surface area contributed by atoms with Crippen molar-refractivity contribution in [1.82, 2.24) is 10.6 Å². The third kappa shape index (κ3) is 6.43. The van der Waals surface area contributed by atoms with Gasteiger partial charge in [0.05, 0.1) is 13.2 Å². The molecule has 0 aliphatic carbocycles. The van der Waals surface area contributed by atoms with Crippen LogP contribution in [-0.4, -0.2) is 45.9 Å². The van der Waals surface area contributed by atoms with Crippen molar-refractivity contribution in [3.05, 3.63) is 29.8 Å². The molecule has 0 heterocycles. The molecule has 1 unspecified atom stereocenters. The van der Waals surface area contributed by atoms with Crippen LogP contribution in [0, 0.1) is 6.92 Å². The zero-order valence-corrected chi connectivity index (χ0v) is 12.8. The van der Waals surface area contributed by atoms with Crippen LogP contribution in [0.2, 0.25) is 0 Å². The highest BCUT2D eigenvalue weighted by atomic mass is 16.5. The quantitative estimate of drug-likeness (QED) is 0.452. The van der Waals surface area contributed by atoms with Gasteiger partial charge in [-0.25, -0.2) is 0 Å². The summed E-state index contributed by atoms with van der Waals surface area (Å²) in [5, 5.41) is 6.43. The molecule has 0 radical (unpaired) electrons. The molecule has 0 bridgehead atoms. The number of hydrogen-bond acceptors (Lipinski definition) is 3. The van der Waals surface area contributed by atoms with Crippen molar-refractivity contribution < 1.29 is 9.47 Å². The molecule has 0 spiro atoms. The van der Waals surface area contributed by atoms with Gasteiger partial charge in [-0.05, 0) is 26.0 Å². The summed E-state index contributed by atoms with van der Waals surface area (Å²) in [6.45, 7) is 6.01. The van der Waals surface area contributed by atoms with Crippen LogP contribution in [0.3, 0.4) is 0 Å². The Labute approximate surface area is 121 Å². The number of aryl methyl sites for hydroxylation is 1. The monoisotopic (exact) mass is 279 g/mol. The van der Waals surface area contributed by atoms with Gasteiger partial charge < -0.3 is 20.1 Å². The summed E-state index contributed by atoms with van der Waals surface area (Å²) in [5.74, 6) is 1.63. The lowest BCUT2D eigenvalue weighted by atomic mass is 10.2. The van der Waals surface area contributed by atoms with Gasteiger partial charge in [0.1, 0.15) is 12.4 Å². The van der Waals surface area contributed by atoms with Crippen LogP contribution >= 0.6 is 0 Å². The smallest absolute Gasteiger partial charge is 0.191 e. The summed E-state index contributed by atoms with van der Waals surface area (Å²) < 4.78 is 10.7. The minimum atomic E-state index is 0.212. The molecule has 5 nitrogen and oxygen atoms in total. The molecular weight excluding hydrogens is 254 g/mol. The fraction of sp³-hybridized carbons (Fsp3) is 0.533. The zero-order chi connectivity index (χ0) is 14.8. The van der Waals surface area contributed by atoms with Crippen molar-refractivity contribution in [1.29, 1.82) is 0 Å². The Balaban J connectivity index is 2.23. The molecule has 0 saturated heterocycles. The van der Waals surface area contributed by atoms with E-state index in [2.05, 4.69) is 22.5 Å². The lowest BCUT2D eigenvalue weighted by Crippen LogP contribution is -2.45. The van der Waals surface area contributed by atoms with Gasteiger partial charge in [0.15, 0.2) is 5.96 Å². The first-order valence-electron chi connectivity index (χ1n) is 6.81. The molecule has 1 atom stereocenters. The summed E-state index contributed by atoms with van der Waals surface area (Å²) >= 11 is 0. The first-order valence-corrected chi connectivity index (χ1v) is 6.81. The van der Waals surface area contributed by atoms with Crippen LogP contribution in [0.4, 0.5) is 0 Å². The fourth-order valence-corrected chi connectivity index (χ4v) is 1.69. The van der Waals surface area contributed by atoms with Crippen LogP contribution < -0.4 is 15.4 Å². The van der Waals surface area contributed by atoms with E-state index in [1.165, 1.54) is 5.56 Å². The molecule has 20 heavy (non-hydrogen) atoms. The van der Waals surface area contributed by atoms with E-state index in [-0.39, 0.29) is 6.04 Å². The standard InChI is InChI=1S/C15H25N3O2/c1-12-5-7-14(8-6-12)20-10-9-17-15(16-3)18-13(2)11-19-4/h5-8,13H,9-11H2,1-4H3,(H2,16,17,18). The Bertz CT molecular complexity index is 404. The highest BCUT2D eigenvalue weighted by Gasteiger charge is 2.03. The Kier molecular flexibility index (Phi) is 7.50. The molecule has 0 aliphatic rings. The Morgan fingerprint density at radius 1 is 1.30 bits per heavy atom. The van der Waals surface area contributed by atoms with Gasteiger partial charge in [0.2, 0.25) is 0 Å². The third-order valence-corrected chi connectivity index (χ3v) is 2.71. The summed E-state index contributed by atoms with van der Waals surface area (Å²) in [5.41, 5.74) is 1.23. The van der Waals surface area contributed by atoms with Gasteiger partial charge in [0.25, 0.3) is 0 Å². The summed E-state index contributed by atoms with van der Waals surface area (Å²) in [4.78, 5) is 4.15. The normalized spacial score (nSPS) is 12.9. The van der Waals surface area contributed by atoms with E-state index in [9.17, 15) is 0 Å². The molecule has 1 rings (SSSR count). The summed E-state index contributed by atoms with van der Waals surface area (Å²) in [7, 11) is 3.43. The highest BCUT2D eigenvalue weighted by Crippen LogP contribution is 2.10. The van der Waals surface area contributed by atoms with Crippen molar-refractivity contribution in [2.75, 3.05) is 33.9 Å². The SMILES string of the molecule is CN=C(NCCOc1ccc(C)cc1)NC(C)COC. The number of aliphatic imine (C=N–C) groups is 1. The van der Waals surface area contributed by atoms with Crippen LogP contribution in [0.5, 0.6) is 5.75 Å². The van der Waals surface area contributed by atoms with Crippen molar-refractivity contribution in [2.45, 2.75) is 19.9 Å². The molecule has 0 saturated carbocycles. The second-order valence-corrected chi connectivity index (χ2v) is 4.66. The molecule has 2 N–H and O–H groups in total. The number of methoxy groups -OCH3 is 1. The molecular formula is C15H25N3O2. The van der Waals surface area contributed by atoms with Crippen LogP contribution in [0.1, 0.15) is 12.5 Å². The molecule has 0 aliphatic heterocycles. The number of hydrogen-bond donors (Lipinski definition) is 2. The van der Waals surface area contributed by atoms with Crippen LogP contribution in [-0.2, 0) is 4.74 Å². The number of rotatable bonds is 7. The number of ether oxygens (including phenoxy) is 2. The Hall–Kier alpha value is -1.75. The molecule has 0 fully saturated rings. The maximum atomic E-state index is 5.64.